The van der Waals surface area contributed by atoms with Gasteiger partial charge in [0.1, 0.15) is 0 Å². The Balaban J connectivity index is 1.41. The molecule has 3 nitrogen and oxygen atoms in total. The summed E-state index contributed by atoms with van der Waals surface area (Å²) in [5, 5.41) is 4.96. The number of imide groups is 1. The number of fused-ring (bicyclic) bond motifs is 4. The molecule has 136 valence electrons. The highest BCUT2D eigenvalue weighted by molar-refractivity contribution is 6.21. The Bertz CT molecular complexity index is 1210. The van der Waals surface area contributed by atoms with Gasteiger partial charge in [-0.25, -0.2) is 0 Å². The average Bonchev–Trinajstić information content (AvgIpc) is 2.99. The third-order valence-electron chi connectivity index (χ3n) is 5.56. The summed E-state index contributed by atoms with van der Waals surface area (Å²) < 4.78 is 0. The third-order valence-corrected chi connectivity index (χ3v) is 5.56. The number of hydrogen-bond acceptors (Lipinski definition) is 2. The van der Waals surface area contributed by atoms with E-state index in [4.69, 9.17) is 0 Å². The largest absolute Gasteiger partial charge is 0.274 e. The highest BCUT2D eigenvalue weighted by Gasteiger charge is 2.34. The van der Waals surface area contributed by atoms with Crippen molar-refractivity contribution in [3.05, 3.63) is 95.6 Å². The van der Waals surface area contributed by atoms with Crippen LogP contribution in [0.3, 0.4) is 0 Å². The van der Waals surface area contributed by atoms with E-state index in [1.165, 1.54) is 32.0 Å². The lowest BCUT2D eigenvalue weighted by Crippen LogP contribution is -2.30. The molecule has 0 bridgehead atoms. The molecule has 0 atom stereocenters. The van der Waals surface area contributed by atoms with Crippen molar-refractivity contribution < 1.29 is 9.59 Å². The topological polar surface area (TPSA) is 37.4 Å². The molecule has 0 saturated heterocycles. The van der Waals surface area contributed by atoms with E-state index in [2.05, 4.69) is 54.6 Å². The second kappa shape index (κ2) is 6.61. The van der Waals surface area contributed by atoms with Gasteiger partial charge in [-0.15, -0.1) is 0 Å². The van der Waals surface area contributed by atoms with Crippen LogP contribution >= 0.6 is 0 Å². The molecule has 1 aliphatic heterocycles. The predicted molar refractivity (Wildman–Crippen MR) is 112 cm³/mol. The van der Waals surface area contributed by atoms with Crippen LogP contribution in [0.25, 0.3) is 21.5 Å². The molecular formula is C25H19NO2. The number of carbonyl (C=O) groups is 2. The summed E-state index contributed by atoms with van der Waals surface area (Å²) in [6, 6.07) is 26.1. The van der Waals surface area contributed by atoms with Crippen molar-refractivity contribution in [2.24, 2.45) is 0 Å². The highest BCUT2D eigenvalue weighted by atomic mass is 16.2. The minimum atomic E-state index is -0.177. The second-order valence-corrected chi connectivity index (χ2v) is 7.21. The molecule has 0 fully saturated rings. The fourth-order valence-corrected chi connectivity index (χ4v) is 4.21. The molecule has 1 heterocycles. The summed E-state index contributed by atoms with van der Waals surface area (Å²) in [6.07, 6.45) is 1.56. The number of hydrogen-bond donors (Lipinski definition) is 0. The predicted octanol–water partition coefficient (Wildman–Crippen LogP) is 5.22. The maximum atomic E-state index is 12.5. The molecule has 0 spiro atoms. The van der Waals surface area contributed by atoms with Crippen LogP contribution in [0.1, 0.15) is 32.7 Å². The Morgan fingerprint density at radius 1 is 0.643 bits per heavy atom. The van der Waals surface area contributed by atoms with Crippen molar-refractivity contribution >= 4 is 33.4 Å². The Kier molecular flexibility index (Phi) is 3.94. The van der Waals surface area contributed by atoms with E-state index in [0.717, 1.165) is 12.8 Å². The fourth-order valence-electron chi connectivity index (χ4n) is 4.21. The van der Waals surface area contributed by atoms with Gasteiger partial charge in [-0.2, -0.15) is 0 Å². The Morgan fingerprint density at radius 3 is 1.93 bits per heavy atom. The first-order chi connectivity index (χ1) is 13.7. The van der Waals surface area contributed by atoms with Gasteiger partial charge in [-0.3, -0.25) is 14.5 Å². The van der Waals surface area contributed by atoms with E-state index < -0.39 is 0 Å². The van der Waals surface area contributed by atoms with Crippen LogP contribution in [0.2, 0.25) is 0 Å². The number of rotatable bonds is 4. The zero-order valence-electron chi connectivity index (χ0n) is 15.4. The number of nitrogens with zero attached hydrogens (tertiary/aromatic N) is 1. The number of benzene rings is 4. The molecular weight excluding hydrogens is 346 g/mol. The van der Waals surface area contributed by atoms with Gasteiger partial charge in [0.05, 0.1) is 11.1 Å². The van der Waals surface area contributed by atoms with E-state index in [9.17, 15) is 9.59 Å². The maximum absolute atomic E-state index is 12.5. The molecule has 0 radical (unpaired) electrons. The Labute approximate surface area is 163 Å². The smallest absolute Gasteiger partial charge is 0.261 e. The Hall–Kier alpha value is -3.46. The molecule has 0 aliphatic carbocycles. The summed E-state index contributed by atoms with van der Waals surface area (Å²) in [4.78, 5) is 26.5. The summed E-state index contributed by atoms with van der Waals surface area (Å²) in [7, 11) is 0. The highest BCUT2D eigenvalue weighted by Crippen LogP contribution is 2.30. The molecule has 0 unspecified atom stereocenters. The standard InChI is InChI=1S/C25H19NO2/c27-24-22-13-5-6-14-23(22)25(28)26(24)15-7-9-18-16-17-8-1-2-10-19(17)21-12-4-3-11-20(18)21/h1-6,8,10-14,16H,7,9,15H2. The quantitative estimate of drug-likeness (QED) is 0.367. The number of carbonyl (C=O) groups excluding carboxylic acids is 2. The van der Waals surface area contributed by atoms with Crippen LogP contribution in [0.15, 0.2) is 78.9 Å². The lowest BCUT2D eigenvalue weighted by Gasteiger charge is -2.15. The molecule has 1 aliphatic rings. The van der Waals surface area contributed by atoms with Gasteiger partial charge in [0.2, 0.25) is 0 Å². The van der Waals surface area contributed by atoms with Crippen LogP contribution in [0.5, 0.6) is 0 Å². The minimum Gasteiger partial charge on any atom is -0.274 e. The van der Waals surface area contributed by atoms with Crippen molar-refractivity contribution in [3.8, 4) is 0 Å². The minimum absolute atomic E-state index is 0.177. The van der Waals surface area contributed by atoms with Crippen LogP contribution in [-0.2, 0) is 6.42 Å². The zero-order valence-corrected chi connectivity index (χ0v) is 15.4. The average molecular weight is 365 g/mol. The molecule has 4 aromatic rings. The summed E-state index contributed by atoms with van der Waals surface area (Å²) in [5.41, 5.74) is 2.29. The fraction of sp³-hybridized carbons (Fsp3) is 0.120. The van der Waals surface area contributed by atoms with Gasteiger partial charge in [-0.05, 0) is 52.1 Å². The van der Waals surface area contributed by atoms with E-state index in [1.54, 1.807) is 24.3 Å². The molecule has 28 heavy (non-hydrogen) atoms. The van der Waals surface area contributed by atoms with Crippen molar-refractivity contribution in [1.29, 1.82) is 0 Å². The maximum Gasteiger partial charge on any atom is 0.261 e. The molecule has 0 aromatic heterocycles. The molecule has 3 heteroatoms. The van der Waals surface area contributed by atoms with Crippen molar-refractivity contribution in [1.82, 2.24) is 4.90 Å². The summed E-state index contributed by atoms with van der Waals surface area (Å²) in [6.45, 7) is 0.438. The van der Waals surface area contributed by atoms with Crippen LogP contribution in [0, 0.1) is 0 Å². The molecule has 0 N–H and O–H groups in total. The third kappa shape index (κ3) is 2.59. The van der Waals surface area contributed by atoms with Crippen molar-refractivity contribution in [2.45, 2.75) is 12.8 Å². The van der Waals surface area contributed by atoms with Crippen LogP contribution in [0.4, 0.5) is 0 Å². The van der Waals surface area contributed by atoms with Gasteiger partial charge in [0.15, 0.2) is 0 Å². The normalized spacial score (nSPS) is 13.5. The van der Waals surface area contributed by atoms with E-state index in [-0.39, 0.29) is 11.8 Å². The summed E-state index contributed by atoms with van der Waals surface area (Å²) >= 11 is 0. The monoisotopic (exact) mass is 365 g/mol. The van der Waals surface area contributed by atoms with Crippen LogP contribution < -0.4 is 0 Å². The van der Waals surface area contributed by atoms with E-state index >= 15 is 0 Å². The molecule has 2 amide bonds. The van der Waals surface area contributed by atoms with E-state index in [0.29, 0.717) is 17.7 Å². The van der Waals surface area contributed by atoms with Gasteiger partial charge >= 0.3 is 0 Å². The van der Waals surface area contributed by atoms with Gasteiger partial charge in [-0.1, -0.05) is 66.7 Å². The first kappa shape index (κ1) is 16.7. The number of aryl methyl sites for hydroxylation is 1. The lowest BCUT2D eigenvalue weighted by atomic mass is 9.95. The molecule has 4 aromatic carbocycles. The first-order valence-corrected chi connectivity index (χ1v) is 9.58. The number of amides is 2. The van der Waals surface area contributed by atoms with Gasteiger partial charge < -0.3 is 0 Å². The summed E-state index contributed by atoms with van der Waals surface area (Å²) in [5.74, 6) is -0.354. The Morgan fingerprint density at radius 2 is 1.21 bits per heavy atom. The first-order valence-electron chi connectivity index (χ1n) is 9.58. The second-order valence-electron chi connectivity index (χ2n) is 7.21. The SMILES string of the molecule is O=C1c2ccccc2C(=O)N1CCCc1cc2ccccc2c2ccccc12. The van der Waals surface area contributed by atoms with Gasteiger partial charge in [0, 0.05) is 6.54 Å². The van der Waals surface area contributed by atoms with Crippen molar-refractivity contribution in [3.63, 3.8) is 0 Å². The van der Waals surface area contributed by atoms with Gasteiger partial charge in [0.25, 0.3) is 11.8 Å². The molecule has 0 saturated carbocycles. The zero-order chi connectivity index (χ0) is 19.1. The van der Waals surface area contributed by atoms with E-state index in [1.807, 2.05) is 0 Å². The van der Waals surface area contributed by atoms with Crippen molar-refractivity contribution in [2.75, 3.05) is 6.54 Å². The van der Waals surface area contributed by atoms with Crippen LogP contribution in [-0.4, -0.2) is 23.3 Å². The lowest BCUT2D eigenvalue weighted by molar-refractivity contribution is 0.0652. The molecule has 5 rings (SSSR count).